The van der Waals surface area contributed by atoms with Crippen LogP contribution >= 0.6 is 11.3 Å². The molecule has 0 aliphatic carbocycles. The Morgan fingerprint density at radius 2 is 1.90 bits per heavy atom. The number of carbonyl (C=O) groups is 1. The summed E-state index contributed by atoms with van der Waals surface area (Å²) in [5.74, 6) is -0.459. The predicted molar refractivity (Wildman–Crippen MR) is 116 cm³/mol. The molecule has 1 heterocycles. The van der Waals surface area contributed by atoms with Crippen molar-refractivity contribution >= 4 is 38.7 Å². The molecule has 8 heteroatoms. The van der Waals surface area contributed by atoms with E-state index in [0.717, 1.165) is 27.8 Å². The zero-order valence-corrected chi connectivity index (χ0v) is 17.9. The summed E-state index contributed by atoms with van der Waals surface area (Å²) in [6, 6.07) is 12.5. The number of carbonyl (C=O) groups excluding carboxylic acids is 1. The number of ether oxygens (including phenoxy) is 1. The van der Waals surface area contributed by atoms with Crippen LogP contribution in [-0.2, 0) is 27.2 Å². The molecule has 3 rings (SSSR count). The fourth-order valence-electron chi connectivity index (χ4n) is 3.08. The van der Waals surface area contributed by atoms with E-state index in [1.807, 2.05) is 24.3 Å². The van der Waals surface area contributed by atoms with Crippen molar-refractivity contribution in [2.24, 2.45) is 5.16 Å². The zero-order chi connectivity index (χ0) is 22.6. The van der Waals surface area contributed by atoms with Crippen molar-refractivity contribution in [1.29, 1.82) is 0 Å². The average molecular weight is 447 g/mol. The standard InChI is InChI=1S/C23H20F3NO3S/c1-4-17(22(28)29-3)21-19(18-10-5-6-11-20(18)31-21)13-30-27-14(2)15-8-7-9-16(12-15)23(24,25)26/h4-12H,13H2,1-3H3. The van der Waals surface area contributed by atoms with Gasteiger partial charge < -0.3 is 9.57 Å². The van der Waals surface area contributed by atoms with Crippen molar-refractivity contribution in [1.82, 2.24) is 0 Å². The van der Waals surface area contributed by atoms with Gasteiger partial charge in [-0.2, -0.15) is 13.2 Å². The number of thiophene rings is 1. The highest BCUT2D eigenvalue weighted by Gasteiger charge is 2.30. The Morgan fingerprint density at radius 3 is 2.58 bits per heavy atom. The van der Waals surface area contributed by atoms with Gasteiger partial charge in [-0.1, -0.05) is 41.6 Å². The average Bonchev–Trinajstić information content (AvgIpc) is 3.11. The number of rotatable bonds is 6. The van der Waals surface area contributed by atoms with E-state index in [9.17, 15) is 18.0 Å². The van der Waals surface area contributed by atoms with Gasteiger partial charge in [0.25, 0.3) is 0 Å². The minimum absolute atomic E-state index is 0.0456. The molecule has 0 fully saturated rings. The Kier molecular flexibility index (Phi) is 6.80. The van der Waals surface area contributed by atoms with Gasteiger partial charge >= 0.3 is 12.1 Å². The van der Waals surface area contributed by atoms with Gasteiger partial charge in [-0.3, -0.25) is 0 Å². The molecule has 0 unspecified atom stereocenters. The maximum Gasteiger partial charge on any atom is 0.416 e. The first-order chi connectivity index (χ1) is 14.8. The number of halogens is 3. The molecule has 0 saturated heterocycles. The van der Waals surface area contributed by atoms with Crippen LogP contribution in [-0.4, -0.2) is 18.8 Å². The van der Waals surface area contributed by atoms with Crippen LogP contribution in [0.15, 0.2) is 59.8 Å². The molecule has 0 amide bonds. The van der Waals surface area contributed by atoms with Crippen LogP contribution in [0.3, 0.4) is 0 Å². The third kappa shape index (κ3) is 4.96. The van der Waals surface area contributed by atoms with Gasteiger partial charge in [-0.05, 0) is 43.0 Å². The molecular formula is C23H20F3NO3S. The Balaban J connectivity index is 1.90. The minimum atomic E-state index is -4.43. The number of fused-ring (bicyclic) bond motifs is 1. The minimum Gasteiger partial charge on any atom is -0.465 e. The highest BCUT2D eigenvalue weighted by molar-refractivity contribution is 7.20. The van der Waals surface area contributed by atoms with Gasteiger partial charge in [0.05, 0.1) is 24.0 Å². The van der Waals surface area contributed by atoms with Crippen LogP contribution in [0.25, 0.3) is 15.7 Å². The van der Waals surface area contributed by atoms with Gasteiger partial charge in [0.1, 0.15) is 6.61 Å². The lowest BCUT2D eigenvalue weighted by Crippen LogP contribution is -2.07. The summed E-state index contributed by atoms with van der Waals surface area (Å²) in [6.07, 6.45) is -2.75. The lowest BCUT2D eigenvalue weighted by molar-refractivity contribution is -0.137. The van der Waals surface area contributed by atoms with E-state index in [1.165, 1.54) is 30.6 Å². The van der Waals surface area contributed by atoms with E-state index >= 15 is 0 Å². The fourth-order valence-corrected chi connectivity index (χ4v) is 4.35. The Morgan fingerprint density at radius 1 is 1.16 bits per heavy atom. The first-order valence-electron chi connectivity index (χ1n) is 9.35. The van der Waals surface area contributed by atoms with Gasteiger partial charge in [-0.25, -0.2) is 4.79 Å². The van der Waals surface area contributed by atoms with Crippen molar-refractivity contribution in [2.75, 3.05) is 7.11 Å². The number of hydrogen-bond donors (Lipinski definition) is 0. The molecule has 0 radical (unpaired) electrons. The topological polar surface area (TPSA) is 47.9 Å². The van der Waals surface area contributed by atoms with Gasteiger partial charge in [0, 0.05) is 15.1 Å². The predicted octanol–water partition coefficient (Wildman–Crippen LogP) is 6.44. The molecule has 0 N–H and O–H groups in total. The lowest BCUT2D eigenvalue weighted by Gasteiger charge is -2.09. The normalized spacial score (nSPS) is 12.8. The molecule has 0 atom stereocenters. The molecule has 162 valence electrons. The quantitative estimate of drug-likeness (QED) is 0.189. The first-order valence-corrected chi connectivity index (χ1v) is 10.2. The summed E-state index contributed by atoms with van der Waals surface area (Å²) in [5.41, 5.74) is 1.06. The molecule has 1 aromatic heterocycles. The summed E-state index contributed by atoms with van der Waals surface area (Å²) >= 11 is 1.44. The number of allylic oxidation sites excluding steroid dienone is 1. The molecule has 4 nitrogen and oxygen atoms in total. The SMILES string of the molecule is CC=C(C(=O)OC)c1sc2ccccc2c1CON=C(C)c1cccc(C(F)(F)F)c1. The maximum atomic E-state index is 13.0. The smallest absolute Gasteiger partial charge is 0.416 e. The van der Waals surface area contributed by atoms with Crippen LogP contribution in [0.5, 0.6) is 0 Å². The molecular weight excluding hydrogens is 427 g/mol. The second kappa shape index (κ2) is 9.34. The Bertz CT molecular complexity index is 1160. The van der Waals surface area contributed by atoms with E-state index in [0.29, 0.717) is 21.7 Å². The molecule has 3 aromatic rings. The highest BCUT2D eigenvalue weighted by Crippen LogP contribution is 2.37. The van der Waals surface area contributed by atoms with E-state index in [4.69, 9.17) is 9.57 Å². The van der Waals surface area contributed by atoms with Crippen LogP contribution in [0, 0.1) is 0 Å². The molecule has 0 aliphatic heterocycles. The summed E-state index contributed by atoms with van der Waals surface area (Å²) in [5, 5.41) is 4.92. The van der Waals surface area contributed by atoms with Crippen molar-refractivity contribution in [3.8, 4) is 0 Å². The fraction of sp³-hybridized carbons (Fsp3) is 0.217. The van der Waals surface area contributed by atoms with Gasteiger partial charge in [-0.15, -0.1) is 11.3 Å². The monoisotopic (exact) mass is 447 g/mol. The van der Waals surface area contributed by atoms with E-state index in [-0.39, 0.29) is 6.61 Å². The van der Waals surface area contributed by atoms with Crippen molar-refractivity contribution in [3.63, 3.8) is 0 Å². The third-order valence-corrected chi connectivity index (χ3v) is 5.90. The summed E-state index contributed by atoms with van der Waals surface area (Å²) < 4.78 is 44.7. The molecule has 31 heavy (non-hydrogen) atoms. The molecule has 0 spiro atoms. The molecule has 0 bridgehead atoms. The zero-order valence-electron chi connectivity index (χ0n) is 17.1. The van der Waals surface area contributed by atoms with Gasteiger partial charge in [0.15, 0.2) is 0 Å². The highest BCUT2D eigenvalue weighted by atomic mass is 32.1. The Hall–Kier alpha value is -3.13. The van der Waals surface area contributed by atoms with Crippen molar-refractivity contribution in [2.45, 2.75) is 26.6 Å². The maximum absolute atomic E-state index is 13.0. The van der Waals surface area contributed by atoms with Crippen molar-refractivity contribution < 1.29 is 27.5 Å². The Labute approximate surface area is 181 Å². The van der Waals surface area contributed by atoms with Crippen LogP contribution in [0.4, 0.5) is 13.2 Å². The first kappa shape index (κ1) is 22.6. The summed E-state index contributed by atoms with van der Waals surface area (Å²) in [6.45, 7) is 3.37. The molecule has 0 aliphatic rings. The number of methoxy groups -OCH3 is 1. The number of hydrogen-bond acceptors (Lipinski definition) is 5. The van der Waals surface area contributed by atoms with E-state index in [1.54, 1.807) is 19.9 Å². The number of alkyl halides is 3. The molecule has 2 aromatic carbocycles. The number of oxime groups is 1. The van der Waals surface area contributed by atoms with Crippen LogP contribution < -0.4 is 0 Å². The largest absolute Gasteiger partial charge is 0.465 e. The van der Waals surface area contributed by atoms with Crippen molar-refractivity contribution in [3.05, 3.63) is 76.2 Å². The molecule has 0 saturated carbocycles. The van der Waals surface area contributed by atoms with Gasteiger partial charge in [0.2, 0.25) is 0 Å². The number of benzene rings is 2. The lowest BCUT2D eigenvalue weighted by atomic mass is 10.1. The summed E-state index contributed by atoms with van der Waals surface area (Å²) in [4.78, 5) is 18.4. The third-order valence-electron chi connectivity index (χ3n) is 4.65. The second-order valence-electron chi connectivity index (χ2n) is 6.63. The second-order valence-corrected chi connectivity index (χ2v) is 7.68. The van der Waals surface area contributed by atoms with E-state index < -0.39 is 17.7 Å². The number of nitrogens with zero attached hydrogens (tertiary/aromatic N) is 1. The van der Waals surface area contributed by atoms with Crippen LogP contribution in [0.2, 0.25) is 0 Å². The summed E-state index contributed by atoms with van der Waals surface area (Å²) in [7, 11) is 1.32. The number of esters is 1. The van der Waals surface area contributed by atoms with E-state index in [2.05, 4.69) is 5.16 Å². The van der Waals surface area contributed by atoms with Crippen LogP contribution in [0.1, 0.15) is 35.4 Å².